The van der Waals surface area contributed by atoms with Crippen molar-refractivity contribution in [3.63, 3.8) is 0 Å². The molecule has 56 heavy (non-hydrogen) atoms. The number of hydrogen-bond donors (Lipinski definition) is 0. The highest BCUT2D eigenvalue weighted by atomic mass is 32.2. The molecule has 0 fully saturated rings. The van der Waals surface area contributed by atoms with Crippen molar-refractivity contribution in [2.24, 2.45) is 0 Å². The third kappa shape index (κ3) is 5.09. The number of fused-ring (bicyclic) bond motifs is 11. The second-order valence-electron chi connectivity index (χ2n) is 14.2. The maximum Gasteiger partial charge on any atom is 0.160 e. The van der Waals surface area contributed by atoms with Crippen molar-refractivity contribution in [2.75, 3.05) is 0 Å². The molecule has 9 aromatic rings. The predicted molar refractivity (Wildman–Crippen MR) is 226 cm³/mol. The summed E-state index contributed by atoms with van der Waals surface area (Å²) in [5.74, 6) is 0.660. The zero-order chi connectivity index (χ0) is 37.1. The molecule has 2 aliphatic rings. The maximum atomic E-state index is 5.32. The number of hydrogen-bond acceptors (Lipinski definition) is 5. The van der Waals surface area contributed by atoms with Crippen LogP contribution in [0, 0.1) is 0 Å². The van der Waals surface area contributed by atoms with Crippen LogP contribution in [-0.4, -0.2) is 19.9 Å². The fraction of sp³-hybridized carbons (Fsp3) is 0.0196. The van der Waals surface area contributed by atoms with E-state index in [-0.39, 0.29) is 0 Å². The third-order valence-electron chi connectivity index (χ3n) is 11.1. The Kier molecular flexibility index (Phi) is 7.61. The summed E-state index contributed by atoms with van der Waals surface area (Å²) in [6, 6.07) is 63.1. The molecule has 4 nitrogen and oxygen atoms in total. The summed E-state index contributed by atoms with van der Waals surface area (Å²) in [7, 11) is 0. The van der Waals surface area contributed by atoms with E-state index in [9.17, 15) is 0 Å². The van der Waals surface area contributed by atoms with Gasteiger partial charge in [-0.2, -0.15) is 0 Å². The van der Waals surface area contributed by atoms with Crippen LogP contribution in [0.3, 0.4) is 0 Å². The largest absolute Gasteiger partial charge is 0.264 e. The van der Waals surface area contributed by atoms with Crippen LogP contribution < -0.4 is 0 Å². The molecule has 0 saturated heterocycles. The van der Waals surface area contributed by atoms with E-state index in [1.807, 2.05) is 48.4 Å². The van der Waals surface area contributed by atoms with Gasteiger partial charge in [-0.05, 0) is 93.0 Å². The number of pyridine rings is 2. The lowest BCUT2D eigenvalue weighted by Crippen LogP contribution is -2.34. The van der Waals surface area contributed by atoms with E-state index in [1.54, 1.807) is 6.20 Å². The van der Waals surface area contributed by atoms with Crippen molar-refractivity contribution >= 4 is 11.8 Å². The normalized spacial score (nSPS) is 13.1. The summed E-state index contributed by atoms with van der Waals surface area (Å²) >= 11 is 1.86. The Morgan fingerprint density at radius 2 is 0.946 bits per heavy atom. The molecular weight excluding hydrogens is 701 g/mol. The molecule has 5 heteroatoms. The van der Waals surface area contributed by atoms with Gasteiger partial charge in [-0.1, -0.05) is 139 Å². The lowest BCUT2D eigenvalue weighted by atomic mass is 9.63. The summed E-state index contributed by atoms with van der Waals surface area (Å²) in [6.07, 6.45) is 5.51. The van der Waals surface area contributed by atoms with Crippen LogP contribution in [0.1, 0.15) is 22.3 Å². The highest BCUT2D eigenvalue weighted by Gasteiger charge is 2.48. The maximum absolute atomic E-state index is 5.32. The van der Waals surface area contributed by atoms with Crippen molar-refractivity contribution in [2.45, 2.75) is 15.2 Å². The zero-order valence-electron chi connectivity index (χ0n) is 30.2. The first-order valence-corrected chi connectivity index (χ1v) is 19.6. The van der Waals surface area contributed by atoms with Gasteiger partial charge in [-0.25, -0.2) is 9.97 Å². The Labute approximate surface area is 329 Å². The van der Waals surface area contributed by atoms with Crippen LogP contribution in [0.4, 0.5) is 0 Å². The van der Waals surface area contributed by atoms with Gasteiger partial charge in [-0.3, -0.25) is 9.97 Å². The molecular formula is C51H32N4S. The van der Waals surface area contributed by atoms with Crippen molar-refractivity contribution in [3.05, 3.63) is 217 Å². The molecule has 0 amide bonds. The molecule has 262 valence electrons. The van der Waals surface area contributed by atoms with Gasteiger partial charge in [0.2, 0.25) is 0 Å². The summed E-state index contributed by atoms with van der Waals surface area (Å²) in [4.78, 5) is 22.3. The van der Waals surface area contributed by atoms with Crippen LogP contribution in [0.5, 0.6) is 0 Å². The van der Waals surface area contributed by atoms with E-state index in [1.165, 1.54) is 54.3 Å². The van der Waals surface area contributed by atoms with E-state index in [4.69, 9.17) is 15.0 Å². The van der Waals surface area contributed by atoms with Gasteiger partial charge in [0, 0.05) is 50.6 Å². The second kappa shape index (κ2) is 13.1. The molecule has 1 aliphatic carbocycles. The molecule has 0 atom stereocenters. The quantitative estimate of drug-likeness (QED) is 0.180. The first-order chi connectivity index (χ1) is 27.8. The van der Waals surface area contributed by atoms with Gasteiger partial charge in [-0.15, -0.1) is 0 Å². The zero-order valence-corrected chi connectivity index (χ0v) is 31.0. The van der Waals surface area contributed by atoms with Crippen LogP contribution in [-0.2, 0) is 5.41 Å². The van der Waals surface area contributed by atoms with E-state index in [0.29, 0.717) is 5.82 Å². The van der Waals surface area contributed by atoms with Gasteiger partial charge in [0.05, 0.1) is 22.5 Å². The van der Waals surface area contributed by atoms with E-state index >= 15 is 0 Å². The van der Waals surface area contributed by atoms with Crippen LogP contribution in [0.25, 0.3) is 67.4 Å². The molecule has 0 saturated carbocycles. The van der Waals surface area contributed by atoms with Crippen molar-refractivity contribution in [1.82, 2.24) is 19.9 Å². The predicted octanol–water partition coefficient (Wildman–Crippen LogP) is 12.4. The van der Waals surface area contributed by atoms with E-state index < -0.39 is 5.41 Å². The lowest BCUT2D eigenvalue weighted by Gasteiger charge is -2.42. The summed E-state index contributed by atoms with van der Waals surface area (Å²) < 4.78 is 0. The van der Waals surface area contributed by atoms with Crippen LogP contribution in [0.15, 0.2) is 204 Å². The second-order valence-corrected chi connectivity index (χ2v) is 15.3. The van der Waals surface area contributed by atoms with Gasteiger partial charge < -0.3 is 0 Å². The van der Waals surface area contributed by atoms with Crippen molar-refractivity contribution < 1.29 is 0 Å². The lowest BCUT2D eigenvalue weighted by molar-refractivity contribution is 0.708. The highest BCUT2D eigenvalue weighted by Crippen LogP contribution is 2.61. The van der Waals surface area contributed by atoms with Crippen molar-refractivity contribution in [1.29, 1.82) is 0 Å². The Balaban J connectivity index is 1.19. The van der Waals surface area contributed by atoms with Gasteiger partial charge in [0.1, 0.15) is 0 Å². The first kappa shape index (κ1) is 32.5. The minimum absolute atomic E-state index is 0.620. The average molecular weight is 733 g/mol. The molecule has 0 radical (unpaired) electrons. The van der Waals surface area contributed by atoms with Crippen LogP contribution in [0.2, 0.25) is 0 Å². The monoisotopic (exact) mass is 732 g/mol. The standard InChI is InChI=1S/C51H32N4S/c1-2-13-33(14-3-1)46-30-47(36-25-27-45(53-32-36)35-15-12-28-52-31-35)55-50(54-46)34-24-26-40-38-17-5-4-16-37(38)39-18-6-7-19-41(39)51(44(40)29-34)42-20-8-10-22-48(42)56-49-23-11-9-21-43(49)51/h1-32H. The van der Waals surface area contributed by atoms with Crippen LogP contribution >= 0.6 is 11.8 Å². The SMILES string of the molecule is c1ccc(-c2cc(-c3ccc(-c4cccnc4)nc3)nc(-c3ccc4c(c3)C3(c5ccccc5Sc5ccccc53)c3ccccc3-c3ccccc3-4)n2)cc1. The highest BCUT2D eigenvalue weighted by molar-refractivity contribution is 7.99. The van der Waals surface area contributed by atoms with E-state index in [0.717, 1.165) is 39.3 Å². The molecule has 1 aliphatic heterocycles. The molecule has 1 spiro atoms. The van der Waals surface area contributed by atoms with Crippen molar-refractivity contribution in [3.8, 4) is 67.4 Å². The molecule has 0 unspecified atom stereocenters. The Bertz CT molecular complexity index is 2900. The topological polar surface area (TPSA) is 51.6 Å². The molecule has 4 heterocycles. The molecule has 3 aromatic heterocycles. The number of aromatic nitrogens is 4. The Hall–Kier alpha value is -6.95. The summed E-state index contributed by atoms with van der Waals surface area (Å²) in [5, 5.41) is 0. The minimum atomic E-state index is -0.620. The molecule has 11 rings (SSSR count). The first-order valence-electron chi connectivity index (χ1n) is 18.8. The van der Waals surface area contributed by atoms with Gasteiger partial charge in [0.15, 0.2) is 5.82 Å². The molecule has 0 N–H and O–H groups in total. The van der Waals surface area contributed by atoms with E-state index in [2.05, 4.69) is 157 Å². The number of nitrogens with zero attached hydrogens (tertiary/aromatic N) is 4. The smallest absolute Gasteiger partial charge is 0.160 e. The minimum Gasteiger partial charge on any atom is -0.264 e. The molecule has 0 bridgehead atoms. The fourth-order valence-corrected chi connectivity index (χ4v) is 9.85. The fourth-order valence-electron chi connectivity index (χ4n) is 8.66. The molecule has 6 aromatic carbocycles. The third-order valence-corrected chi connectivity index (χ3v) is 12.3. The van der Waals surface area contributed by atoms with Gasteiger partial charge >= 0.3 is 0 Å². The average Bonchev–Trinajstić information content (AvgIpc) is 3.38. The summed E-state index contributed by atoms with van der Waals surface area (Å²) in [6.45, 7) is 0. The van der Waals surface area contributed by atoms with Gasteiger partial charge in [0.25, 0.3) is 0 Å². The number of rotatable bonds is 4. The summed E-state index contributed by atoms with van der Waals surface area (Å²) in [5.41, 5.74) is 15.7. The Morgan fingerprint density at radius 1 is 0.375 bits per heavy atom. The number of benzene rings is 6. The Morgan fingerprint density at radius 3 is 1.62 bits per heavy atom.